The van der Waals surface area contributed by atoms with Gasteiger partial charge in [-0.25, -0.2) is 13.2 Å². The summed E-state index contributed by atoms with van der Waals surface area (Å²) in [6, 6.07) is 8.90. The van der Waals surface area contributed by atoms with Crippen molar-refractivity contribution in [3.05, 3.63) is 71.0 Å². The van der Waals surface area contributed by atoms with Crippen molar-refractivity contribution in [2.75, 3.05) is 6.54 Å². The van der Waals surface area contributed by atoms with Crippen LogP contribution in [0.5, 0.6) is 0 Å². The molecular formula is C15H12F3NO. The molecular weight excluding hydrogens is 267 g/mol. The van der Waals surface area contributed by atoms with Gasteiger partial charge in [0.25, 0.3) is 5.91 Å². The molecule has 0 aliphatic rings. The summed E-state index contributed by atoms with van der Waals surface area (Å²) in [4.78, 5) is 11.7. The fraction of sp³-hybridized carbons (Fsp3) is 0.133. The number of carbonyl (C=O) groups excluding carboxylic acids is 1. The summed E-state index contributed by atoms with van der Waals surface area (Å²) < 4.78 is 38.4. The lowest BCUT2D eigenvalue weighted by molar-refractivity contribution is 0.0953. The second-order valence-corrected chi connectivity index (χ2v) is 4.26. The van der Waals surface area contributed by atoms with Crippen LogP contribution in [-0.2, 0) is 6.42 Å². The molecule has 2 aromatic rings. The second kappa shape index (κ2) is 6.23. The highest BCUT2D eigenvalue weighted by molar-refractivity contribution is 5.94. The predicted octanol–water partition coefficient (Wildman–Crippen LogP) is 3.08. The van der Waals surface area contributed by atoms with Crippen LogP contribution in [0, 0.1) is 17.5 Å². The van der Waals surface area contributed by atoms with E-state index in [4.69, 9.17) is 0 Å². The number of hydrogen-bond donors (Lipinski definition) is 1. The zero-order valence-electron chi connectivity index (χ0n) is 10.5. The topological polar surface area (TPSA) is 29.1 Å². The van der Waals surface area contributed by atoms with Crippen molar-refractivity contribution in [2.45, 2.75) is 6.42 Å². The summed E-state index contributed by atoms with van der Waals surface area (Å²) in [6.07, 6.45) is 0.524. The van der Waals surface area contributed by atoms with E-state index in [1.807, 2.05) is 0 Å². The van der Waals surface area contributed by atoms with E-state index in [1.54, 1.807) is 12.1 Å². The minimum absolute atomic E-state index is 0.0583. The first-order valence-electron chi connectivity index (χ1n) is 6.04. The van der Waals surface area contributed by atoms with Crippen molar-refractivity contribution in [1.82, 2.24) is 5.32 Å². The summed E-state index contributed by atoms with van der Waals surface area (Å²) in [7, 11) is 0. The standard InChI is InChI=1S/C15H12F3NO/c16-12-4-1-10(2-5-12)7-8-19-15(20)11-3-6-13(17)14(18)9-11/h1-6,9H,7-8H2,(H,19,20). The van der Waals surface area contributed by atoms with E-state index in [-0.39, 0.29) is 11.4 Å². The zero-order valence-corrected chi connectivity index (χ0v) is 10.5. The molecule has 0 atom stereocenters. The van der Waals surface area contributed by atoms with Crippen molar-refractivity contribution >= 4 is 5.91 Å². The van der Waals surface area contributed by atoms with Crippen LogP contribution in [-0.4, -0.2) is 12.5 Å². The first kappa shape index (κ1) is 14.1. The lowest BCUT2D eigenvalue weighted by Crippen LogP contribution is -2.25. The molecule has 1 amide bonds. The van der Waals surface area contributed by atoms with Gasteiger partial charge in [-0.2, -0.15) is 0 Å². The van der Waals surface area contributed by atoms with Gasteiger partial charge in [0.05, 0.1) is 0 Å². The van der Waals surface area contributed by atoms with Gasteiger partial charge < -0.3 is 5.32 Å². The van der Waals surface area contributed by atoms with Crippen LogP contribution < -0.4 is 5.32 Å². The molecule has 20 heavy (non-hydrogen) atoms. The van der Waals surface area contributed by atoms with Crippen LogP contribution in [0.1, 0.15) is 15.9 Å². The minimum atomic E-state index is -1.06. The Bertz CT molecular complexity index is 611. The van der Waals surface area contributed by atoms with Gasteiger partial charge in [0.15, 0.2) is 11.6 Å². The maximum atomic E-state index is 13.0. The fourth-order valence-corrected chi connectivity index (χ4v) is 1.71. The van der Waals surface area contributed by atoms with E-state index in [2.05, 4.69) is 5.32 Å². The Morgan fingerprint density at radius 2 is 1.65 bits per heavy atom. The quantitative estimate of drug-likeness (QED) is 0.915. The zero-order chi connectivity index (χ0) is 14.5. The van der Waals surface area contributed by atoms with Crippen molar-refractivity contribution in [2.24, 2.45) is 0 Å². The summed E-state index contributed by atoms with van der Waals surface area (Å²) in [6.45, 7) is 0.323. The Morgan fingerprint density at radius 3 is 2.30 bits per heavy atom. The molecule has 0 saturated carbocycles. The van der Waals surface area contributed by atoms with Crippen LogP contribution >= 0.6 is 0 Å². The largest absolute Gasteiger partial charge is 0.352 e. The molecule has 0 saturated heterocycles. The normalized spacial score (nSPS) is 10.3. The lowest BCUT2D eigenvalue weighted by atomic mass is 10.1. The van der Waals surface area contributed by atoms with Crippen molar-refractivity contribution < 1.29 is 18.0 Å². The van der Waals surface area contributed by atoms with E-state index in [0.717, 1.165) is 17.7 Å². The third-order valence-corrected chi connectivity index (χ3v) is 2.79. The maximum absolute atomic E-state index is 13.0. The number of benzene rings is 2. The molecule has 0 bridgehead atoms. The van der Waals surface area contributed by atoms with Crippen LogP contribution in [0.3, 0.4) is 0 Å². The molecule has 5 heteroatoms. The lowest BCUT2D eigenvalue weighted by Gasteiger charge is -2.06. The Hall–Kier alpha value is -2.30. The highest BCUT2D eigenvalue weighted by Gasteiger charge is 2.09. The van der Waals surface area contributed by atoms with Crippen molar-refractivity contribution in [3.63, 3.8) is 0 Å². The number of rotatable bonds is 4. The number of hydrogen-bond acceptors (Lipinski definition) is 1. The summed E-state index contributed by atoms with van der Waals surface area (Å²) in [5.74, 6) is -2.85. The molecule has 104 valence electrons. The van der Waals surface area contributed by atoms with Gasteiger partial charge in [-0.15, -0.1) is 0 Å². The van der Waals surface area contributed by atoms with E-state index in [9.17, 15) is 18.0 Å². The van der Waals surface area contributed by atoms with Crippen LogP contribution in [0.25, 0.3) is 0 Å². The maximum Gasteiger partial charge on any atom is 0.251 e. The van der Waals surface area contributed by atoms with E-state index >= 15 is 0 Å². The van der Waals surface area contributed by atoms with E-state index in [0.29, 0.717) is 13.0 Å². The Morgan fingerprint density at radius 1 is 0.950 bits per heavy atom. The van der Waals surface area contributed by atoms with Crippen LogP contribution in [0.4, 0.5) is 13.2 Å². The summed E-state index contributed by atoms with van der Waals surface area (Å²) >= 11 is 0. The van der Waals surface area contributed by atoms with Gasteiger partial charge in [0, 0.05) is 12.1 Å². The van der Waals surface area contributed by atoms with Gasteiger partial charge >= 0.3 is 0 Å². The highest BCUT2D eigenvalue weighted by Crippen LogP contribution is 2.08. The number of nitrogens with one attached hydrogen (secondary N) is 1. The summed E-state index contributed by atoms with van der Waals surface area (Å²) in [5, 5.41) is 2.59. The molecule has 2 aromatic carbocycles. The first-order chi connectivity index (χ1) is 9.56. The Kier molecular flexibility index (Phi) is 4.40. The number of halogens is 3. The average Bonchev–Trinajstić information content (AvgIpc) is 2.44. The number of amides is 1. The molecule has 0 aliphatic carbocycles. The molecule has 0 heterocycles. The SMILES string of the molecule is O=C(NCCc1ccc(F)cc1)c1ccc(F)c(F)c1. The van der Waals surface area contributed by atoms with E-state index in [1.165, 1.54) is 18.2 Å². The van der Waals surface area contributed by atoms with Crippen molar-refractivity contribution in [3.8, 4) is 0 Å². The molecule has 0 radical (unpaired) electrons. The average molecular weight is 279 g/mol. The highest BCUT2D eigenvalue weighted by atomic mass is 19.2. The predicted molar refractivity (Wildman–Crippen MR) is 68.8 cm³/mol. The molecule has 1 N–H and O–H groups in total. The molecule has 2 rings (SSSR count). The van der Waals surface area contributed by atoms with Gasteiger partial charge in [0.2, 0.25) is 0 Å². The molecule has 0 unspecified atom stereocenters. The van der Waals surface area contributed by atoms with Crippen molar-refractivity contribution in [1.29, 1.82) is 0 Å². The van der Waals surface area contributed by atoms with E-state index < -0.39 is 17.5 Å². The van der Waals surface area contributed by atoms with Crippen LogP contribution in [0.2, 0.25) is 0 Å². The monoisotopic (exact) mass is 279 g/mol. The van der Waals surface area contributed by atoms with Gasteiger partial charge in [-0.3, -0.25) is 4.79 Å². The van der Waals surface area contributed by atoms with Crippen LogP contribution in [0.15, 0.2) is 42.5 Å². The Labute approximate surface area is 114 Å². The number of carbonyl (C=O) groups is 1. The minimum Gasteiger partial charge on any atom is -0.352 e. The third-order valence-electron chi connectivity index (χ3n) is 2.79. The van der Waals surface area contributed by atoms with Gasteiger partial charge in [0.1, 0.15) is 5.82 Å². The fourth-order valence-electron chi connectivity index (χ4n) is 1.71. The van der Waals surface area contributed by atoms with Gasteiger partial charge in [-0.1, -0.05) is 12.1 Å². The smallest absolute Gasteiger partial charge is 0.251 e. The second-order valence-electron chi connectivity index (χ2n) is 4.26. The molecule has 0 spiro atoms. The molecule has 2 nitrogen and oxygen atoms in total. The summed E-state index contributed by atoms with van der Waals surface area (Å²) in [5.41, 5.74) is 0.931. The van der Waals surface area contributed by atoms with Gasteiger partial charge in [-0.05, 0) is 42.3 Å². The Balaban J connectivity index is 1.88. The third kappa shape index (κ3) is 3.60. The molecule has 0 fully saturated rings. The molecule has 0 aromatic heterocycles. The first-order valence-corrected chi connectivity index (χ1v) is 6.04. The molecule has 0 aliphatic heterocycles.